The molecule has 18 heavy (non-hydrogen) atoms. The van der Waals surface area contributed by atoms with E-state index in [4.69, 9.17) is 0 Å². The zero-order chi connectivity index (χ0) is 0. The Bertz CT molecular complexity index is 24.0. The molecule has 0 aromatic carbocycles. The summed E-state index contributed by atoms with van der Waals surface area (Å²) in [7, 11) is 0. The Balaban J connectivity index is 0. The van der Waals surface area contributed by atoms with Crippen molar-refractivity contribution in [2.45, 2.75) is 0 Å². The van der Waals surface area contributed by atoms with Crippen LogP contribution in [0.2, 0.25) is 0 Å². The topological polar surface area (TPSA) is 378 Å². The van der Waals surface area contributed by atoms with Crippen LogP contribution in [0.25, 0.3) is 0 Å². The van der Waals surface area contributed by atoms with Crippen molar-refractivity contribution in [1.29, 1.82) is 0 Å². The van der Waals surface area contributed by atoms with Gasteiger partial charge in [0.15, 0.2) is 0 Å². The molecule has 0 rings (SSSR count). The molecule has 0 unspecified atom stereocenters. The third-order valence-electron chi connectivity index (χ3n) is 0. The fourth-order valence-electron chi connectivity index (χ4n) is 0. The average Bonchev–Trinajstić information content (AvgIpc) is 0. The third-order valence-corrected chi connectivity index (χ3v) is 0. The molecule has 0 heterocycles. The molecule has 24 N–H and O–H groups in total. The van der Waals surface area contributed by atoms with E-state index in [2.05, 4.69) is 0 Å². The van der Waals surface area contributed by atoms with Crippen molar-refractivity contribution in [3.05, 3.63) is 0 Å². The zero-order valence-electron chi connectivity index (χ0n) is 8.57. The van der Waals surface area contributed by atoms with Crippen LogP contribution in [-0.4, -0.2) is 88.8 Å². The Morgan fingerprint density at radius 3 is 0.222 bits per heavy atom. The largest absolute Gasteiger partial charge is 2.00 e. The van der Waals surface area contributed by atoms with E-state index in [-0.39, 0.29) is 155 Å². The normalized spacial score (nSPS) is 0. The van der Waals surface area contributed by atoms with Crippen LogP contribution in [0.5, 0.6) is 0 Å². The molecular weight excluding hydrogens is 414 g/mol. The molecule has 12 nitrogen and oxygen atoms in total. The fourth-order valence-corrected chi connectivity index (χ4v) is 0. The van der Waals surface area contributed by atoms with Crippen LogP contribution >= 0.6 is 0 Å². The number of halogens is 4. The Labute approximate surface area is 155 Å². The quantitative estimate of drug-likeness (QED) is 0.318. The van der Waals surface area contributed by atoms with Crippen molar-refractivity contribution in [2.75, 3.05) is 0 Å². The number of hydrogen-bond donors (Lipinski definition) is 0. The molecule has 0 bridgehead atoms. The Hall–Kier alpha value is 1.97. The predicted octanol–water partition coefficient (Wildman–Crippen LogP) is -22.3. The minimum atomic E-state index is 0. The van der Waals surface area contributed by atoms with Gasteiger partial charge in [-0.25, -0.2) is 0 Å². The van der Waals surface area contributed by atoms with Gasteiger partial charge in [-0.3, -0.25) is 0 Å². The summed E-state index contributed by atoms with van der Waals surface area (Å²) in [6.07, 6.45) is 0. The van der Waals surface area contributed by atoms with Gasteiger partial charge in [0.25, 0.3) is 0 Å². The van der Waals surface area contributed by atoms with Gasteiger partial charge in [0.2, 0.25) is 0 Å². The van der Waals surface area contributed by atoms with Gasteiger partial charge in [-0.1, -0.05) is 0 Å². The minimum Gasteiger partial charge on any atom is -1.00 e. The van der Waals surface area contributed by atoms with Crippen molar-refractivity contribution in [1.82, 2.24) is 0 Å². The molecule has 0 amide bonds. The summed E-state index contributed by atoms with van der Waals surface area (Å²) in [6, 6.07) is 0. The molecule has 0 fully saturated rings. The van der Waals surface area contributed by atoms with Gasteiger partial charge < -0.3 is 115 Å². The summed E-state index contributed by atoms with van der Waals surface area (Å²) in [6.45, 7) is 0. The van der Waals surface area contributed by atoms with Crippen molar-refractivity contribution >= 4 is 23.1 Å². The molecule has 0 atom stereocenters. The van der Waals surface area contributed by atoms with Gasteiger partial charge in [0.1, 0.15) is 0 Å². The van der Waals surface area contributed by atoms with Crippen LogP contribution < -0.4 is 49.6 Å². The Morgan fingerprint density at radius 1 is 0.222 bits per heavy atom. The maximum absolute atomic E-state index is 0. The van der Waals surface area contributed by atoms with Gasteiger partial charge in [-0.05, 0) is 0 Å². The van der Waals surface area contributed by atoms with Crippen LogP contribution in [0.15, 0.2) is 0 Å². The van der Waals surface area contributed by atoms with Gasteiger partial charge in [0.05, 0.1) is 0 Å². The first-order valence-electron chi connectivity index (χ1n) is 0. The molecule has 0 aliphatic rings. The molecule has 18 heteroatoms. The van der Waals surface area contributed by atoms with E-state index in [0.29, 0.717) is 0 Å². The second kappa shape index (κ2) is 1580. The average molecular weight is 438 g/mol. The molecule has 0 saturated carbocycles. The number of hydrogen-bond acceptors (Lipinski definition) is 0. The maximum atomic E-state index is 0. The van der Waals surface area contributed by atoms with Crippen molar-refractivity contribution < 1.29 is 132 Å². The summed E-state index contributed by atoms with van der Waals surface area (Å²) < 4.78 is 0. The van der Waals surface area contributed by atoms with Crippen molar-refractivity contribution in [3.8, 4) is 0 Å². The van der Waals surface area contributed by atoms with Crippen molar-refractivity contribution in [2.24, 2.45) is 0 Å². The van der Waals surface area contributed by atoms with E-state index in [1.807, 2.05) is 0 Å². The Morgan fingerprint density at radius 2 is 0.222 bits per heavy atom. The van der Waals surface area contributed by atoms with Crippen molar-refractivity contribution in [3.63, 3.8) is 0 Å². The molecule has 134 valence electrons. The second-order valence-electron chi connectivity index (χ2n) is 0. The summed E-state index contributed by atoms with van der Waals surface area (Å²) in [5.74, 6) is 0. The third kappa shape index (κ3) is 1340. The summed E-state index contributed by atoms with van der Waals surface area (Å²) in [5, 5.41) is 0. The van der Waals surface area contributed by atoms with Crippen LogP contribution in [0, 0.1) is 0 Å². The summed E-state index contributed by atoms with van der Waals surface area (Å²) in [5.41, 5.74) is 0. The smallest absolute Gasteiger partial charge is 1.00 e. The second-order valence-corrected chi connectivity index (χ2v) is 0. The van der Waals surface area contributed by atoms with Crippen LogP contribution in [0.3, 0.4) is 0 Å². The predicted molar refractivity (Wildman–Crippen MR) is 49.1 cm³/mol. The standard InChI is InChI=1S/4ClH.Fe.Mg.12H2O/h4*1H;;;12*1H2/q;;;;2*+2;;;;;;;;;;;;/p-4. The van der Waals surface area contributed by atoms with E-state index < -0.39 is 0 Å². The zero-order valence-corrected chi connectivity index (χ0v) is 14.1. The molecule has 0 spiro atoms. The SMILES string of the molecule is O.O.O.O.O.O.O.O.O.O.O.O.[Cl-].[Cl-].[Cl-].[Cl-].[Fe+2].[Mg+2]. The first-order valence-corrected chi connectivity index (χ1v) is 0. The molecule has 0 aromatic rings. The van der Waals surface area contributed by atoms with E-state index in [0.717, 1.165) is 0 Å². The molecule has 0 aromatic heterocycles. The number of rotatable bonds is 0. The minimum absolute atomic E-state index is 0. The van der Waals surface area contributed by atoms with Gasteiger partial charge in [-0.2, -0.15) is 0 Å². The summed E-state index contributed by atoms with van der Waals surface area (Å²) >= 11 is 0. The van der Waals surface area contributed by atoms with E-state index >= 15 is 0 Å². The monoisotopic (exact) mass is 436 g/mol. The van der Waals surface area contributed by atoms with Gasteiger partial charge in [-0.15, -0.1) is 0 Å². The van der Waals surface area contributed by atoms with Crippen LogP contribution in [0.1, 0.15) is 0 Å². The van der Waals surface area contributed by atoms with Crippen LogP contribution in [-0.2, 0) is 17.1 Å². The molecule has 0 aliphatic heterocycles. The Kier molecular flexibility index (Phi) is 164000. The first-order chi connectivity index (χ1) is 0. The van der Waals surface area contributed by atoms with E-state index in [1.165, 1.54) is 0 Å². The van der Waals surface area contributed by atoms with Gasteiger partial charge in [0, 0.05) is 0 Å². The van der Waals surface area contributed by atoms with Gasteiger partial charge >= 0.3 is 40.1 Å². The maximum Gasteiger partial charge on any atom is 2.00 e. The first kappa shape index (κ1) is 1860. The molecule has 0 radical (unpaired) electrons. The molecule has 0 saturated heterocycles. The van der Waals surface area contributed by atoms with E-state index in [1.54, 1.807) is 0 Å². The molecule has 0 aliphatic carbocycles. The fraction of sp³-hybridized carbons (Fsp3) is 0. The van der Waals surface area contributed by atoms with Crippen LogP contribution in [0.4, 0.5) is 0 Å². The van der Waals surface area contributed by atoms with E-state index in [9.17, 15) is 0 Å². The summed E-state index contributed by atoms with van der Waals surface area (Å²) in [4.78, 5) is 0. The molecular formula is H24Cl4FeMgO12.